The predicted molar refractivity (Wildman–Crippen MR) is 132 cm³/mol. The van der Waals surface area contributed by atoms with E-state index in [9.17, 15) is 17.2 Å². The number of ether oxygens (including phenoxy) is 2. The number of hydrogen-bond donors (Lipinski definition) is 1. The van der Waals surface area contributed by atoms with Crippen molar-refractivity contribution in [2.75, 3.05) is 31.4 Å². The number of pyridine rings is 1. The topological polar surface area (TPSA) is 95.3 Å². The Hall–Kier alpha value is -2.34. The summed E-state index contributed by atoms with van der Waals surface area (Å²) in [6, 6.07) is 6.63. The molecule has 1 N–H and O–H groups in total. The molecule has 2 aliphatic rings. The van der Waals surface area contributed by atoms with Gasteiger partial charge >= 0.3 is 0 Å². The van der Waals surface area contributed by atoms with Crippen LogP contribution in [0.5, 0.6) is 0 Å². The normalized spacial score (nSPS) is 21.2. The number of hydrogen-bond acceptors (Lipinski definition) is 7. The van der Waals surface area contributed by atoms with E-state index in [1.165, 1.54) is 10.6 Å². The molecule has 0 bridgehead atoms. The molecule has 3 aromatic rings. The molecule has 0 saturated carbocycles. The smallest absolute Gasteiger partial charge is 0.295 e. The fourth-order valence-corrected chi connectivity index (χ4v) is 5.92. The molecule has 36 heavy (non-hydrogen) atoms. The first-order chi connectivity index (χ1) is 17.2. The summed E-state index contributed by atoms with van der Waals surface area (Å²) in [6.07, 6.45) is 1.69. The third kappa shape index (κ3) is 5.06. The van der Waals surface area contributed by atoms with Gasteiger partial charge in [0.15, 0.2) is 21.3 Å². The van der Waals surface area contributed by atoms with Crippen LogP contribution in [0.2, 0.25) is 5.15 Å². The molecule has 2 saturated heterocycles. The Morgan fingerprint density at radius 2 is 1.94 bits per heavy atom. The number of sulfone groups is 1. The van der Waals surface area contributed by atoms with E-state index in [-0.39, 0.29) is 32.8 Å². The average Bonchev–Trinajstić information content (AvgIpc) is 3.24. The lowest BCUT2D eigenvalue weighted by Gasteiger charge is -2.25. The van der Waals surface area contributed by atoms with Crippen LogP contribution in [0, 0.1) is 0 Å². The number of nitrogens with one attached hydrogen (secondary N) is 1. The Balaban J connectivity index is 1.60. The van der Waals surface area contributed by atoms with Crippen LogP contribution in [-0.4, -0.2) is 49.0 Å². The molecule has 12 heteroatoms. The molecule has 0 aliphatic carbocycles. The summed E-state index contributed by atoms with van der Waals surface area (Å²) in [5.74, 6) is -0.360. The van der Waals surface area contributed by atoms with Gasteiger partial charge in [0.1, 0.15) is 16.9 Å². The number of nitrogens with zero attached hydrogens (tertiary/aromatic N) is 3. The highest BCUT2D eigenvalue weighted by atomic mass is 35.5. The zero-order valence-corrected chi connectivity index (χ0v) is 21.3. The first kappa shape index (κ1) is 25.3. The van der Waals surface area contributed by atoms with Crippen LogP contribution in [-0.2, 0) is 19.3 Å². The highest BCUT2D eigenvalue weighted by Crippen LogP contribution is 2.38. The van der Waals surface area contributed by atoms with Crippen molar-refractivity contribution in [3.63, 3.8) is 0 Å². The van der Waals surface area contributed by atoms with Crippen LogP contribution in [0.15, 0.2) is 29.2 Å². The van der Waals surface area contributed by atoms with Crippen molar-refractivity contribution < 1.29 is 26.7 Å². The molecule has 0 spiro atoms. The van der Waals surface area contributed by atoms with Crippen molar-refractivity contribution in [1.29, 1.82) is 0 Å². The maximum Gasteiger partial charge on any atom is 0.295 e. The largest absolute Gasteiger partial charge is 0.381 e. The second-order valence-electron chi connectivity index (χ2n) is 9.19. The quantitative estimate of drug-likeness (QED) is 0.397. The van der Waals surface area contributed by atoms with Gasteiger partial charge in [0, 0.05) is 31.5 Å². The SMILES string of the molecule is CS(=O)(=O)c1cc([C@H]2CCCOC2)ccc1Nc1cc(Cl)nc2c1nc(C(F)F)n2C1CCCCO1. The Morgan fingerprint density at radius 1 is 1.11 bits per heavy atom. The Labute approximate surface area is 212 Å². The molecule has 8 nitrogen and oxygen atoms in total. The van der Waals surface area contributed by atoms with Crippen LogP contribution >= 0.6 is 11.6 Å². The predicted octanol–water partition coefficient (Wildman–Crippen LogP) is 5.76. The highest BCUT2D eigenvalue weighted by Gasteiger charge is 2.29. The Bertz CT molecular complexity index is 1370. The van der Waals surface area contributed by atoms with Crippen molar-refractivity contribution in [2.45, 2.75) is 55.6 Å². The van der Waals surface area contributed by atoms with E-state index < -0.39 is 28.3 Å². The maximum absolute atomic E-state index is 14.0. The first-order valence-corrected chi connectivity index (χ1v) is 14.2. The van der Waals surface area contributed by atoms with Crippen LogP contribution in [0.4, 0.5) is 20.2 Å². The first-order valence-electron chi connectivity index (χ1n) is 11.9. The number of imidazole rings is 1. The van der Waals surface area contributed by atoms with Crippen LogP contribution in [0.3, 0.4) is 0 Å². The van der Waals surface area contributed by atoms with Gasteiger partial charge in [-0.15, -0.1) is 0 Å². The van der Waals surface area contributed by atoms with Crippen LogP contribution in [0.25, 0.3) is 11.2 Å². The summed E-state index contributed by atoms with van der Waals surface area (Å²) in [5.41, 5.74) is 1.76. The van der Waals surface area contributed by atoms with Crippen molar-refractivity contribution in [2.24, 2.45) is 0 Å². The molecule has 1 unspecified atom stereocenters. The second-order valence-corrected chi connectivity index (χ2v) is 11.6. The van der Waals surface area contributed by atoms with E-state index in [4.69, 9.17) is 21.1 Å². The van der Waals surface area contributed by atoms with Crippen molar-refractivity contribution in [3.8, 4) is 0 Å². The second kappa shape index (κ2) is 10.2. The van der Waals surface area contributed by atoms with Crippen molar-refractivity contribution in [1.82, 2.24) is 14.5 Å². The third-order valence-electron chi connectivity index (χ3n) is 6.59. The molecule has 1 aromatic carbocycles. The maximum atomic E-state index is 14.0. The molecule has 194 valence electrons. The van der Waals surface area contributed by atoms with E-state index in [0.717, 1.165) is 37.5 Å². The molecule has 2 fully saturated rings. The number of benzene rings is 1. The van der Waals surface area contributed by atoms with Gasteiger partial charge in [0.2, 0.25) is 0 Å². The van der Waals surface area contributed by atoms with E-state index in [1.54, 1.807) is 12.1 Å². The van der Waals surface area contributed by atoms with Gasteiger partial charge in [-0.1, -0.05) is 17.7 Å². The Morgan fingerprint density at radius 3 is 2.61 bits per heavy atom. The van der Waals surface area contributed by atoms with Crippen molar-refractivity contribution in [3.05, 3.63) is 40.8 Å². The minimum Gasteiger partial charge on any atom is -0.381 e. The summed E-state index contributed by atoms with van der Waals surface area (Å²) in [4.78, 5) is 8.57. The molecule has 2 aliphatic heterocycles. The molecule has 2 atom stereocenters. The molecular formula is C24H27ClF2N4O4S. The zero-order valence-electron chi connectivity index (χ0n) is 19.7. The summed E-state index contributed by atoms with van der Waals surface area (Å²) in [6.45, 7) is 1.69. The summed E-state index contributed by atoms with van der Waals surface area (Å²) in [7, 11) is -3.63. The Kier molecular flexibility index (Phi) is 7.17. The number of fused-ring (bicyclic) bond motifs is 1. The molecule has 0 radical (unpaired) electrons. The lowest BCUT2D eigenvalue weighted by atomic mass is 9.93. The van der Waals surface area contributed by atoms with Crippen LogP contribution in [0.1, 0.15) is 62.1 Å². The van der Waals surface area contributed by atoms with Crippen molar-refractivity contribution >= 4 is 44.0 Å². The lowest BCUT2D eigenvalue weighted by molar-refractivity contribution is -0.0363. The molecule has 5 rings (SSSR count). The number of halogens is 3. The molecule has 4 heterocycles. The minimum atomic E-state index is -3.63. The van der Waals surface area contributed by atoms with Gasteiger partial charge in [0.05, 0.1) is 22.9 Å². The highest BCUT2D eigenvalue weighted by molar-refractivity contribution is 7.90. The van der Waals surface area contributed by atoms with E-state index in [2.05, 4.69) is 15.3 Å². The van der Waals surface area contributed by atoms with E-state index in [1.807, 2.05) is 6.07 Å². The van der Waals surface area contributed by atoms with E-state index in [0.29, 0.717) is 31.9 Å². The van der Waals surface area contributed by atoms with Gasteiger partial charge in [-0.2, -0.15) is 0 Å². The monoisotopic (exact) mass is 540 g/mol. The lowest BCUT2D eigenvalue weighted by Crippen LogP contribution is -2.20. The number of anilines is 2. The fraction of sp³-hybridized carbons (Fsp3) is 0.500. The van der Waals surface area contributed by atoms with Gasteiger partial charge in [-0.3, -0.25) is 4.57 Å². The minimum absolute atomic E-state index is 0.0552. The zero-order chi connectivity index (χ0) is 25.4. The summed E-state index contributed by atoms with van der Waals surface area (Å²) in [5, 5.41) is 3.13. The fourth-order valence-electron chi connectivity index (χ4n) is 4.86. The summed E-state index contributed by atoms with van der Waals surface area (Å²) < 4.78 is 66.1. The average molecular weight is 541 g/mol. The van der Waals surface area contributed by atoms with Gasteiger partial charge in [-0.05, 0) is 49.8 Å². The summed E-state index contributed by atoms with van der Waals surface area (Å²) >= 11 is 6.29. The van der Waals surface area contributed by atoms with Gasteiger partial charge in [0.25, 0.3) is 6.43 Å². The third-order valence-corrected chi connectivity index (χ3v) is 7.92. The van der Waals surface area contributed by atoms with E-state index >= 15 is 0 Å². The van der Waals surface area contributed by atoms with Gasteiger partial charge in [-0.25, -0.2) is 27.2 Å². The molecule has 0 amide bonds. The molecular weight excluding hydrogens is 514 g/mol. The number of alkyl halides is 2. The van der Waals surface area contributed by atoms with Gasteiger partial charge < -0.3 is 14.8 Å². The standard InChI is InChI=1S/C24H27ClF2N4O4S/c1-36(32,33)18-11-14(15-5-4-9-34-13-15)7-8-16(18)28-17-12-19(25)29-23-21(17)30-24(22(26)27)31(23)20-6-2-3-10-35-20/h7-8,11-12,15,20,22H,2-6,9-10,13H2,1H3,(H,28,29)/t15-,20?/m0/s1. The van der Waals surface area contributed by atoms with Crippen LogP contribution < -0.4 is 5.32 Å². The number of aromatic nitrogens is 3. The molecule has 2 aromatic heterocycles. The number of rotatable bonds is 6.